The zero-order chi connectivity index (χ0) is 6.69. The zero-order valence-electron chi connectivity index (χ0n) is 5.17. The van der Waals surface area contributed by atoms with Crippen LogP contribution in [0.1, 0.15) is 0 Å². The van der Waals surface area contributed by atoms with E-state index in [0.29, 0.717) is 10.7 Å². The quantitative estimate of drug-likeness (QED) is 0.553. The van der Waals surface area contributed by atoms with Crippen molar-refractivity contribution in [2.24, 2.45) is 0 Å². The summed E-state index contributed by atoms with van der Waals surface area (Å²) >= 11 is 4.11. The topological polar surface area (TPSA) is 18.5 Å². The Bertz CT molecular complexity index is 89.0. The maximum atomic E-state index is 5.43. The van der Waals surface area contributed by atoms with Crippen molar-refractivity contribution in [1.29, 1.82) is 0 Å². The molecule has 1 aliphatic rings. The lowest BCUT2D eigenvalue weighted by Gasteiger charge is -2.06. The third kappa shape index (κ3) is 2.61. The van der Waals surface area contributed by atoms with Crippen molar-refractivity contribution in [1.82, 2.24) is 0 Å². The fraction of sp³-hybridized carbons (Fsp3) is 1.00. The zero-order valence-corrected chi connectivity index (χ0v) is 8.15. The standard InChI is InChI=1S/C5H9IO2S/c1-7-2-5-8-4(6)3-9-5/h4-5H,2-3H2,1H3. The molecule has 0 aromatic rings. The first-order valence-corrected chi connectivity index (χ1v) is 5.02. The van der Waals surface area contributed by atoms with Gasteiger partial charge in [-0.1, -0.05) is 22.6 Å². The normalized spacial score (nSPS) is 35.3. The fourth-order valence-electron chi connectivity index (χ4n) is 0.650. The van der Waals surface area contributed by atoms with Crippen molar-refractivity contribution in [3.05, 3.63) is 0 Å². The molecule has 0 aromatic heterocycles. The van der Waals surface area contributed by atoms with E-state index in [4.69, 9.17) is 9.47 Å². The molecule has 54 valence electrons. The summed E-state index contributed by atoms with van der Waals surface area (Å²) in [6.07, 6.45) is 0. The maximum Gasteiger partial charge on any atom is 0.128 e. The van der Waals surface area contributed by atoms with E-state index in [9.17, 15) is 0 Å². The first kappa shape index (κ1) is 8.10. The van der Waals surface area contributed by atoms with Gasteiger partial charge >= 0.3 is 0 Å². The number of ether oxygens (including phenoxy) is 2. The van der Waals surface area contributed by atoms with E-state index in [1.165, 1.54) is 0 Å². The lowest BCUT2D eigenvalue weighted by atomic mass is 10.7. The Kier molecular flexibility index (Phi) is 3.60. The van der Waals surface area contributed by atoms with Gasteiger partial charge in [0.25, 0.3) is 0 Å². The second kappa shape index (κ2) is 4.00. The molecule has 0 aliphatic carbocycles. The minimum Gasteiger partial charge on any atom is -0.381 e. The predicted octanol–water partition coefficient (Wildman–Crippen LogP) is 1.48. The number of thioether (sulfide) groups is 1. The van der Waals surface area contributed by atoms with Gasteiger partial charge in [0.1, 0.15) is 9.55 Å². The molecule has 0 spiro atoms. The van der Waals surface area contributed by atoms with Crippen LogP contribution in [0.15, 0.2) is 0 Å². The lowest BCUT2D eigenvalue weighted by molar-refractivity contribution is 0.0612. The number of rotatable bonds is 2. The Labute approximate surface area is 72.8 Å². The summed E-state index contributed by atoms with van der Waals surface area (Å²) in [6.45, 7) is 0.712. The molecule has 0 saturated carbocycles. The van der Waals surface area contributed by atoms with Gasteiger partial charge in [-0.3, -0.25) is 0 Å². The van der Waals surface area contributed by atoms with Gasteiger partial charge < -0.3 is 9.47 Å². The van der Waals surface area contributed by atoms with Crippen LogP contribution < -0.4 is 0 Å². The molecule has 0 N–H and O–H groups in total. The van der Waals surface area contributed by atoms with Gasteiger partial charge in [-0.25, -0.2) is 0 Å². The van der Waals surface area contributed by atoms with Crippen molar-refractivity contribution in [2.75, 3.05) is 19.5 Å². The van der Waals surface area contributed by atoms with Crippen LogP contribution in [-0.2, 0) is 9.47 Å². The number of hydrogen-bond donors (Lipinski definition) is 0. The van der Waals surface area contributed by atoms with Crippen molar-refractivity contribution >= 4 is 34.4 Å². The number of halogens is 1. The molecule has 1 aliphatic heterocycles. The summed E-state index contributed by atoms with van der Waals surface area (Å²) in [7, 11) is 1.70. The van der Waals surface area contributed by atoms with Gasteiger partial charge in [0.2, 0.25) is 0 Å². The Hall–Kier alpha value is 1.00. The molecule has 0 radical (unpaired) electrons. The third-order valence-electron chi connectivity index (χ3n) is 1.02. The summed E-state index contributed by atoms with van der Waals surface area (Å²) in [6, 6.07) is 0. The monoisotopic (exact) mass is 260 g/mol. The van der Waals surface area contributed by atoms with Crippen LogP contribution in [0.5, 0.6) is 0 Å². The molecule has 0 aromatic carbocycles. The maximum absolute atomic E-state index is 5.43. The molecule has 2 unspecified atom stereocenters. The highest BCUT2D eigenvalue weighted by atomic mass is 127. The second-order valence-electron chi connectivity index (χ2n) is 1.76. The third-order valence-corrected chi connectivity index (χ3v) is 3.46. The highest BCUT2D eigenvalue weighted by Crippen LogP contribution is 2.28. The van der Waals surface area contributed by atoms with E-state index in [1.807, 2.05) is 11.8 Å². The van der Waals surface area contributed by atoms with Gasteiger partial charge in [0.05, 0.1) is 6.61 Å². The lowest BCUT2D eigenvalue weighted by Crippen LogP contribution is -2.10. The number of alkyl halides is 1. The van der Waals surface area contributed by atoms with Gasteiger partial charge in [-0.15, -0.1) is 11.8 Å². The Morgan fingerprint density at radius 3 is 3.11 bits per heavy atom. The molecule has 9 heavy (non-hydrogen) atoms. The van der Waals surface area contributed by atoms with Crippen molar-refractivity contribution in [3.63, 3.8) is 0 Å². The average molecular weight is 260 g/mol. The largest absolute Gasteiger partial charge is 0.381 e. The molecular formula is C5H9IO2S. The van der Waals surface area contributed by atoms with Crippen LogP contribution in [0, 0.1) is 0 Å². The van der Waals surface area contributed by atoms with E-state index in [0.717, 1.165) is 5.75 Å². The molecular weight excluding hydrogens is 251 g/mol. The predicted molar refractivity (Wildman–Crippen MR) is 47.0 cm³/mol. The highest BCUT2D eigenvalue weighted by molar-refractivity contribution is 14.1. The highest BCUT2D eigenvalue weighted by Gasteiger charge is 2.22. The van der Waals surface area contributed by atoms with Crippen molar-refractivity contribution in [2.45, 2.75) is 9.55 Å². The molecule has 1 saturated heterocycles. The summed E-state index contributed by atoms with van der Waals surface area (Å²) in [5.74, 6) is 1.09. The Morgan fingerprint density at radius 1 is 1.89 bits per heavy atom. The minimum atomic E-state index is 0.275. The molecule has 0 amide bonds. The van der Waals surface area contributed by atoms with Crippen molar-refractivity contribution in [3.8, 4) is 0 Å². The van der Waals surface area contributed by atoms with Crippen LogP contribution in [0.25, 0.3) is 0 Å². The van der Waals surface area contributed by atoms with E-state index >= 15 is 0 Å². The molecule has 1 rings (SSSR count). The molecule has 1 heterocycles. The van der Waals surface area contributed by atoms with Crippen LogP contribution in [0.4, 0.5) is 0 Å². The molecule has 4 heteroatoms. The number of methoxy groups -OCH3 is 1. The first-order valence-electron chi connectivity index (χ1n) is 2.73. The Morgan fingerprint density at radius 2 is 2.67 bits per heavy atom. The van der Waals surface area contributed by atoms with E-state index in [2.05, 4.69) is 22.6 Å². The van der Waals surface area contributed by atoms with Gasteiger partial charge in [0, 0.05) is 12.9 Å². The minimum absolute atomic E-state index is 0.275. The van der Waals surface area contributed by atoms with E-state index in [-0.39, 0.29) is 5.44 Å². The smallest absolute Gasteiger partial charge is 0.128 e. The van der Waals surface area contributed by atoms with Crippen LogP contribution in [0.2, 0.25) is 0 Å². The number of hydrogen-bond acceptors (Lipinski definition) is 3. The first-order chi connectivity index (χ1) is 4.33. The van der Waals surface area contributed by atoms with E-state index in [1.54, 1.807) is 7.11 Å². The van der Waals surface area contributed by atoms with E-state index < -0.39 is 0 Å². The Balaban J connectivity index is 2.14. The van der Waals surface area contributed by atoms with Gasteiger partial charge in [0.15, 0.2) is 0 Å². The van der Waals surface area contributed by atoms with Crippen LogP contribution in [0.3, 0.4) is 0 Å². The SMILES string of the molecule is COCC1OC(I)CS1. The summed E-state index contributed by atoms with van der Waals surface area (Å²) in [4.78, 5) is 0. The molecule has 0 bridgehead atoms. The second-order valence-corrected chi connectivity index (χ2v) is 4.35. The van der Waals surface area contributed by atoms with Gasteiger partial charge in [-0.2, -0.15) is 0 Å². The summed E-state index contributed by atoms with van der Waals surface area (Å²) < 4.78 is 10.7. The van der Waals surface area contributed by atoms with Crippen LogP contribution in [-0.4, -0.2) is 29.0 Å². The van der Waals surface area contributed by atoms with Gasteiger partial charge in [-0.05, 0) is 0 Å². The fourth-order valence-corrected chi connectivity index (χ4v) is 2.72. The molecule has 2 nitrogen and oxygen atoms in total. The summed E-state index contributed by atoms with van der Waals surface area (Å²) in [5.41, 5.74) is 0.275. The summed E-state index contributed by atoms with van der Waals surface area (Å²) in [5, 5.41) is 0. The van der Waals surface area contributed by atoms with Crippen molar-refractivity contribution < 1.29 is 9.47 Å². The average Bonchev–Trinajstić information content (AvgIpc) is 2.17. The molecule has 1 fully saturated rings. The molecule has 2 atom stereocenters. The van der Waals surface area contributed by atoms with Crippen LogP contribution >= 0.6 is 34.4 Å².